The molecular weight excluding hydrogens is 288 g/mol. The number of carbonyl (C=O) groups excluding carboxylic acids is 1. The van der Waals surface area contributed by atoms with E-state index < -0.39 is 9.84 Å². The molecule has 3 rings (SSSR count). The molecule has 0 radical (unpaired) electrons. The van der Waals surface area contributed by atoms with Crippen LogP contribution in [0.2, 0.25) is 0 Å². The third kappa shape index (κ3) is 3.63. The number of rotatable bonds is 3. The van der Waals surface area contributed by atoms with Gasteiger partial charge in [0.1, 0.15) is 0 Å². The van der Waals surface area contributed by atoms with Crippen LogP contribution >= 0.6 is 0 Å². The summed E-state index contributed by atoms with van der Waals surface area (Å²) in [5, 5.41) is 2.85. The summed E-state index contributed by atoms with van der Waals surface area (Å²) in [7, 11) is -2.94. The van der Waals surface area contributed by atoms with Gasteiger partial charge >= 0.3 is 0 Å². The molecule has 1 fully saturated rings. The molecule has 1 aromatic rings. The summed E-state index contributed by atoms with van der Waals surface area (Å²) in [5.41, 5.74) is 2.64. The van der Waals surface area contributed by atoms with Gasteiger partial charge in [0.15, 0.2) is 9.84 Å². The first-order chi connectivity index (χ1) is 10.0. The molecule has 2 aliphatic rings. The van der Waals surface area contributed by atoms with E-state index in [1.807, 2.05) is 12.1 Å². The van der Waals surface area contributed by atoms with Crippen molar-refractivity contribution in [1.29, 1.82) is 0 Å². The van der Waals surface area contributed by atoms with E-state index in [2.05, 4.69) is 22.3 Å². The highest BCUT2D eigenvalue weighted by atomic mass is 32.2. The van der Waals surface area contributed by atoms with Crippen LogP contribution in [0, 0.1) is 0 Å². The van der Waals surface area contributed by atoms with Gasteiger partial charge in [-0.05, 0) is 24.0 Å². The molecule has 1 aromatic carbocycles. The van der Waals surface area contributed by atoms with Gasteiger partial charge in [-0.1, -0.05) is 24.3 Å². The minimum atomic E-state index is -2.94. The Morgan fingerprint density at radius 1 is 1.29 bits per heavy atom. The van der Waals surface area contributed by atoms with Crippen LogP contribution in [0.4, 0.5) is 0 Å². The van der Waals surface area contributed by atoms with Crippen LogP contribution in [0.5, 0.6) is 0 Å². The van der Waals surface area contributed by atoms with E-state index in [1.54, 1.807) is 0 Å². The summed E-state index contributed by atoms with van der Waals surface area (Å²) in [5.74, 6) is 0.202. The van der Waals surface area contributed by atoms with Crippen LogP contribution in [0.25, 0.3) is 0 Å². The number of hydrogen-bond donors (Lipinski definition) is 1. The minimum absolute atomic E-state index is 0.0727. The van der Waals surface area contributed by atoms with Crippen molar-refractivity contribution in [2.75, 3.05) is 24.6 Å². The molecular formula is C15H20N2O3S. The van der Waals surface area contributed by atoms with Crippen molar-refractivity contribution in [2.24, 2.45) is 0 Å². The Bertz CT molecular complexity index is 642. The molecule has 1 saturated heterocycles. The summed E-state index contributed by atoms with van der Waals surface area (Å²) in [6.07, 6.45) is 1.50. The Kier molecular flexibility index (Phi) is 3.99. The number of sulfone groups is 1. The number of nitrogens with zero attached hydrogens (tertiary/aromatic N) is 1. The number of nitrogens with one attached hydrogen (secondary N) is 1. The molecule has 21 heavy (non-hydrogen) atoms. The summed E-state index contributed by atoms with van der Waals surface area (Å²) in [6.45, 7) is 1.99. The van der Waals surface area contributed by atoms with Crippen LogP contribution in [0.1, 0.15) is 17.5 Å². The highest BCUT2D eigenvalue weighted by Gasteiger charge is 2.29. The number of amides is 1. The van der Waals surface area contributed by atoms with Gasteiger partial charge in [-0.3, -0.25) is 9.69 Å². The Hall–Kier alpha value is -1.40. The Balaban J connectivity index is 1.52. The summed E-state index contributed by atoms with van der Waals surface area (Å²) < 4.78 is 22.8. The normalized spacial score (nSPS) is 24.5. The Morgan fingerprint density at radius 2 is 2.05 bits per heavy atom. The zero-order valence-electron chi connectivity index (χ0n) is 11.9. The largest absolute Gasteiger partial charge is 0.351 e. The molecule has 0 aliphatic carbocycles. The maximum atomic E-state index is 12.0. The predicted octanol–water partition coefficient (Wildman–Crippen LogP) is 0.348. The fourth-order valence-corrected chi connectivity index (χ4v) is 4.75. The van der Waals surface area contributed by atoms with Crippen LogP contribution in [-0.4, -0.2) is 49.9 Å². The van der Waals surface area contributed by atoms with E-state index in [-0.39, 0.29) is 23.5 Å². The number of benzene rings is 1. The zero-order chi connectivity index (χ0) is 14.9. The Morgan fingerprint density at radius 3 is 2.76 bits per heavy atom. The van der Waals surface area contributed by atoms with E-state index in [0.717, 1.165) is 19.5 Å². The standard InChI is InChI=1S/C15H20N2O3S/c18-15(16-14-6-8-21(19,20)11-14)10-17-7-5-12-3-1-2-4-13(12)9-17/h1-4,14H,5-11H2,(H,16,18)/t14-/m1/s1. The smallest absolute Gasteiger partial charge is 0.234 e. The van der Waals surface area contributed by atoms with Gasteiger partial charge in [0.05, 0.1) is 18.1 Å². The maximum absolute atomic E-state index is 12.0. The van der Waals surface area contributed by atoms with E-state index in [9.17, 15) is 13.2 Å². The SMILES string of the molecule is O=C(CN1CCc2ccccc2C1)N[C@@H]1CCS(=O)(=O)C1. The van der Waals surface area contributed by atoms with Crippen molar-refractivity contribution in [3.8, 4) is 0 Å². The highest BCUT2D eigenvalue weighted by molar-refractivity contribution is 7.91. The lowest BCUT2D eigenvalue weighted by Crippen LogP contribution is -2.44. The number of fused-ring (bicyclic) bond motifs is 1. The van der Waals surface area contributed by atoms with Gasteiger partial charge in [0.25, 0.3) is 0 Å². The lowest BCUT2D eigenvalue weighted by atomic mass is 10.00. The molecule has 2 aliphatic heterocycles. The van der Waals surface area contributed by atoms with Crippen molar-refractivity contribution >= 4 is 15.7 Å². The van der Waals surface area contributed by atoms with Gasteiger partial charge < -0.3 is 5.32 Å². The van der Waals surface area contributed by atoms with Crippen molar-refractivity contribution in [3.05, 3.63) is 35.4 Å². The predicted molar refractivity (Wildman–Crippen MR) is 80.6 cm³/mol. The van der Waals surface area contributed by atoms with Crippen molar-refractivity contribution in [3.63, 3.8) is 0 Å². The highest BCUT2D eigenvalue weighted by Crippen LogP contribution is 2.18. The van der Waals surface area contributed by atoms with Crippen LogP contribution in [-0.2, 0) is 27.6 Å². The third-order valence-corrected chi connectivity index (χ3v) is 5.94. The summed E-state index contributed by atoms with van der Waals surface area (Å²) >= 11 is 0. The quantitative estimate of drug-likeness (QED) is 0.875. The fourth-order valence-electron chi connectivity index (χ4n) is 3.07. The summed E-state index contributed by atoms with van der Waals surface area (Å²) in [4.78, 5) is 14.2. The van der Waals surface area contributed by atoms with Gasteiger partial charge in [-0.25, -0.2) is 8.42 Å². The van der Waals surface area contributed by atoms with E-state index in [0.29, 0.717) is 13.0 Å². The van der Waals surface area contributed by atoms with Gasteiger partial charge in [0, 0.05) is 19.1 Å². The van der Waals surface area contributed by atoms with Crippen LogP contribution < -0.4 is 5.32 Å². The maximum Gasteiger partial charge on any atom is 0.234 e. The average molecular weight is 308 g/mol. The van der Waals surface area contributed by atoms with Crippen molar-refractivity contribution < 1.29 is 13.2 Å². The second-order valence-electron chi connectivity index (χ2n) is 5.90. The number of carbonyl (C=O) groups is 1. The minimum Gasteiger partial charge on any atom is -0.351 e. The lowest BCUT2D eigenvalue weighted by molar-refractivity contribution is -0.123. The second-order valence-corrected chi connectivity index (χ2v) is 8.13. The molecule has 0 unspecified atom stereocenters. The molecule has 114 valence electrons. The molecule has 0 saturated carbocycles. The monoisotopic (exact) mass is 308 g/mol. The molecule has 6 heteroatoms. The lowest BCUT2D eigenvalue weighted by Gasteiger charge is -2.28. The van der Waals surface area contributed by atoms with Crippen molar-refractivity contribution in [2.45, 2.75) is 25.4 Å². The van der Waals surface area contributed by atoms with E-state index in [1.165, 1.54) is 11.1 Å². The number of hydrogen-bond acceptors (Lipinski definition) is 4. The van der Waals surface area contributed by atoms with Gasteiger partial charge in [0.2, 0.25) is 5.91 Å². The average Bonchev–Trinajstić information content (AvgIpc) is 2.77. The topological polar surface area (TPSA) is 66.5 Å². The first-order valence-corrected chi connectivity index (χ1v) is 9.13. The first kappa shape index (κ1) is 14.5. The molecule has 1 atom stereocenters. The van der Waals surface area contributed by atoms with Gasteiger partial charge in [-0.2, -0.15) is 0 Å². The first-order valence-electron chi connectivity index (χ1n) is 7.31. The van der Waals surface area contributed by atoms with E-state index in [4.69, 9.17) is 0 Å². The van der Waals surface area contributed by atoms with E-state index >= 15 is 0 Å². The molecule has 0 bridgehead atoms. The second kappa shape index (κ2) is 5.77. The van der Waals surface area contributed by atoms with Crippen LogP contribution in [0.15, 0.2) is 24.3 Å². The third-order valence-electron chi connectivity index (χ3n) is 4.17. The molecule has 0 aromatic heterocycles. The van der Waals surface area contributed by atoms with Gasteiger partial charge in [-0.15, -0.1) is 0 Å². The van der Waals surface area contributed by atoms with Crippen LogP contribution in [0.3, 0.4) is 0 Å². The van der Waals surface area contributed by atoms with Crippen molar-refractivity contribution in [1.82, 2.24) is 10.2 Å². The molecule has 1 amide bonds. The zero-order valence-corrected chi connectivity index (χ0v) is 12.7. The Labute approximate surface area is 125 Å². The molecule has 0 spiro atoms. The summed E-state index contributed by atoms with van der Waals surface area (Å²) in [6, 6.07) is 8.09. The molecule has 2 heterocycles. The molecule has 1 N–H and O–H groups in total. The molecule has 5 nitrogen and oxygen atoms in total. The fraction of sp³-hybridized carbons (Fsp3) is 0.533.